The molecule has 0 atom stereocenters. The van der Waals surface area contributed by atoms with Crippen molar-refractivity contribution in [1.82, 2.24) is 10.2 Å². The quantitative estimate of drug-likeness (QED) is 0.769. The molecule has 0 unspecified atom stereocenters. The highest BCUT2D eigenvalue weighted by atomic mass is 16.5. The number of amides is 2. The van der Waals surface area contributed by atoms with Gasteiger partial charge in [-0.05, 0) is 43.9 Å². The summed E-state index contributed by atoms with van der Waals surface area (Å²) in [4.78, 5) is 14.5. The van der Waals surface area contributed by atoms with Gasteiger partial charge in [0.1, 0.15) is 11.5 Å². The van der Waals surface area contributed by atoms with Crippen LogP contribution in [0, 0.1) is 0 Å². The Morgan fingerprint density at radius 3 is 2.37 bits per heavy atom. The van der Waals surface area contributed by atoms with E-state index >= 15 is 0 Å². The van der Waals surface area contributed by atoms with Gasteiger partial charge in [0.15, 0.2) is 0 Å². The first-order valence-corrected chi connectivity index (χ1v) is 10.8. The standard InChI is InChI=1S/C24H30N2O4/c27-24(26-14-10-21(11-15-26)29-22-12-16-28-17-13-22)25-18-19-6-4-5-9-23(19)30-20-7-2-1-3-8-20/h1-9,21-22H,10-18H2,(H,25,27). The smallest absolute Gasteiger partial charge is 0.317 e. The lowest BCUT2D eigenvalue weighted by Crippen LogP contribution is -2.46. The number of carbonyl (C=O) groups excluding carboxylic acids is 1. The molecule has 0 saturated carbocycles. The summed E-state index contributed by atoms with van der Waals surface area (Å²) < 4.78 is 17.6. The van der Waals surface area contributed by atoms with E-state index in [0.717, 1.165) is 69.0 Å². The summed E-state index contributed by atoms with van der Waals surface area (Å²) in [5.41, 5.74) is 0.951. The number of benzene rings is 2. The van der Waals surface area contributed by atoms with Gasteiger partial charge < -0.3 is 24.4 Å². The topological polar surface area (TPSA) is 60.0 Å². The Kier molecular flexibility index (Phi) is 7.21. The van der Waals surface area contributed by atoms with Crippen molar-refractivity contribution in [3.8, 4) is 11.5 Å². The largest absolute Gasteiger partial charge is 0.457 e. The molecule has 6 nitrogen and oxygen atoms in total. The van der Waals surface area contributed by atoms with Gasteiger partial charge >= 0.3 is 6.03 Å². The third kappa shape index (κ3) is 5.74. The highest BCUT2D eigenvalue weighted by molar-refractivity contribution is 5.74. The lowest BCUT2D eigenvalue weighted by molar-refractivity contribution is -0.0818. The molecule has 0 aliphatic carbocycles. The van der Waals surface area contributed by atoms with Gasteiger partial charge in [0.2, 0.25) is 0 Å². The van der Waals surface area contributed by atoms with Gasteiger partial charge in [-0.3, -0.25) is 0 Å². The molecule has 2 aromatic carbocycles. The zero-order valence-corrected chi connectivity index (χ0v) is 17.3. The van der Waals surface area contributed by atoms with Crippen molar-refractivity contribution in [2.24, 2.45) is 0 Å². The highest BCUT2D eigenvalue weighted by Crippen LogP contribution is 2.25. The molecular weight excluding hydrogens is 380 g/mol. The first-order valence-electron chi connectivity index (χ1n) is 10.8. The molecule has 2 saturated heterocycles. The fourth-order valence-corrected chi connectivity index (χ4v) is 3.93. The number of rotatable bonds is 6. The van der Waals surface area contributed by atoms with Gasteiger partial charge in [-0.2, -0.15) is 0 Å². The SMILES string of the molecule is O=C(NCc1ccccc1Oc1ccccc1)N1CCC(OC2CCOCC2)CC1. The minimum atomic E-state index is -0.0333. The van der Waals surface area contributed by atoms with Crippen molar-refractivity contribution < 1.29 is 19.0 Å². The monoisotopic (exact) mass is 410 g/mol. The number of piperidine rings is 1. The van der Waals surface area contributed by atoms with Crippen molar-refractivity contribution in [3.63, 3.8) is 0 Å². The maximum absolute atomic E-state index is 12.7. The van der Waals surface area contributed by atoms with Crippen molar-refractivity contribution in [1.29, 1.82) is 0 Å². The molecule has 30 heavy (non-hydrogen) atoms. The molecule has 0 aromatic heterocycles. The molecule has 4 rings (SSSR count). The minimum absolute atomic E-state index is 0.0333. The molecule has 1 N–H and O–H groups in total. The second-order valence-corrected chi connectivity index (χ2v) is 7.82. The van der Waals surface area contributed by atoms with Crippen molar-refractivity contribution in [3.05, 3.63) is 60.2 Å². The van der Waals surface area contributed by atoms with Gasteiger partial charge in [-0.15, -0.1) is 0 Å². The first-order chi connectivity index (χ1) is 14.8. The molecule has 2 aliphatic heterocycles. The van der Waals surface area contributed by atoms with Crippen LogP contribution in [0.4, 0.5) is 4.79 Å². The number of hydrogen-bond donors (Lipinski definition) is 1. The number of para-hydroxylation sites is 2. The molecule has 0 spiro atoms. The highest BCUT2D eigenvalue weighted by Gasteiger charge is 2.26. The van der Waals surface area contributed by atoms with Crippen LogP contribution in [0.2, 0.25) is 0 Å². The first kappa shape index (κ1) is 20.7. The van der Waals surface area contributed by atoms with Crippen LogP contribution in [0.15, 0.2) is 54.6 Å². The van der Waals surface area contributed by atoms with E-state index in [2.05, 4.69) is 5.32 Å². The van der Waals surface area contributed by atoms with Crippen LogP contribution in [0.5, 0.6) is 11.5 Å². The van der Waals surface area contributed by atoms with E-state index in [0.29, 0.717) is 12.6 Å². The van der Waals surface area contributed by atoms with Crippen LogP contribution >= 0.6 is 0 Å². The summed E-state index contributed by atoms with van der Waals surface area (Å²) in [7, 11) is 0. The zero-order valence-electron chi connectivity index (χ0n) is 17.3. The molecule has 2 heterocycles. The fourth-order valence-electron chi connectivity index (χ4n) is 3.93. The summed E-state index contributed by atoms with van der Waals surface area (Å²) in [6.45, 7) is 3.47. The fraction of sp³-hybridized carbons (Fsp3) is 0.458. The number of urea groups is 1. The second kappa shape index (κ2) is 10.5. The second-order valence-electron chi connectivity index (χ2n) is 7.82. The summed E-state index contributed by atoms with van der Waals surface area (Å²) in [5.74, 6) is 1.54. The van der Waals surface area contributed by atoms with Gasteiger partial charge in [0.05, 0.1) is 12.2 Å². The average Bonchev–Trinajstić information content (AvgIpc) is 2.80. The normalized spacial score (nSPS) is 18.2. The Hall–Kier alpha value is -2.57. The number of nitrogens with zero attached hydrogens (tertiary/aromatic N) is 1. The maximum Gasteiger partial charge on any atom is 0.317 e. The van der Waals surface area contributed by atoms with Crippen LogP contribution in [-0.4, -0.2) is 49.4 Å². The summed E-state index contributed by atoms with van der Waals surface area (Å²) in [6, 6.07) is 17.4. The predicted octanol–water partition coefficient (Wildman–Crippen LogP) is 4.35. The van der Waals surface area contributed by atoms with Crippen molar-refractivity contribution in [2.75, 3.05) is 26.3 Å². The number of likely N-dealkylation sites (tertiary alicyclic amines) is 1. The maximum atomic E-state index is 12.7. The van der Waals surface area contributed by atoms with Gasteiger partial charge in [0.25, 0.3) is 0 Å². The van der Waals surface area contributed by atoms with E-state index in [-0.39, 0.29) is 12.1 Å². The summed E-state index contributed by atoms with van der Waals surface area (Å²) in [6.07, 6.45) is 4.29. The Balaban J connectivity index is 1.24. The summed E-state index contributed by atoms with van der Waals surface area (Å²) >= 11 is 0. The van der Waals surface area contributed by atoms with E-state index in [1.165, 1.54) is 0 Å². The van der Waals surface area contributed by atoms with Crippen molar-refractivity contribution in [2.45, 2.75) is 44.4 Å². The van der Waals surface area contributed by atoms with Gasteiger partial charge in [-0.25, -0.2) is 4.79 Å². The number of ether oxygens (including phenoxy) is 3. The van der Waals surface area contributed by atoms with Crippen LogP contribution in [0.3, 0.4) is 0 Å². The van der Waals surface area contributed by atoms with E-state index in [1.807, 2.05) is 59.5 Å². The molecule has 6 heteroatoms. The lowest BCUT2D eigenvalue weighted by Gasteiger charge is -2.34. The van der Waals surface area contributed by atoms with Gasteiger partial charge in [0, 0.05) is 38.4 Å². The Bertz CT molecular complexity index is 800. The Morgan fingerprint density at radius 2 is 1.60 bits per heavy atom. The molecule has 2 fully saturated rings. The van der Waals surface area contributed by atoms with E-state index in [9.17, 15) is 4.79 Å². The van der Waals surface area contributed by atoms with Gasteiger partial charge in [-0.1, -0.05) is 36.4 Å². The third-order valence-electron chi connectivity index (χ3n) is 5.66. The van der Waals surface area contributed by atoms with E-state index in [4.69, 9.17) is 14.2 Å². The lowest BCUT2D eigenvalue weighted by atomic mass is 10.1. The number of carbonyl (C=O) groups is 1. The number of nitrogens with one attached hydrogen (secondary N) is 1. The molecule has 2 amide bonds. The van der Waals surface area contributed by atoms with Crippen LogP contribution < -0.4 is 10.1 Å². The number of hydrogen-bond acceptors (Lipinski definition) is 4. The van der Waals surface area contributed by atoms with Crippen LogP contribution in [0.25, 0.3) is 0 Å². The minimum Gasteiger partial charge on any atom is -0.457 e. The Morgan fingerprint density at radius 1 is 0.933 bits per heavy atom. The molecule has 2 aliphatic rings. The average molecular weight is 411 g/mol. The van der Waals surface area contributed by atoms with E-state index in [1.54, 1.807) is 0 Å². The zero-order chi connectivity index (χ0) is 20.6. The van der Waals surface area contributed by atoms with Crippen LogP contribution in [-0.2, 0) is 16.0 Å². The molecule has 160 valence electrons. The van der Waals surface area contributed by atoms with Crippen LogP contribution in [0.1, 0.15) is 31.2 Å². The summed E-state index contributed by atoms with van der Waals surface area (Å²) in [5, 5.41) is 3.04. The predicted molar refractivity (Wildman–Crippen MR) is 115 cm³/mol. The Labute approximate surface area is 178 Å². The third-order valence-corrected chi connectivity index (χ3v) is 5.66. The molecule has 2 aromatic rings. The molecule has 0 bridgehead atoms. The molecular formula is C24H30N2O4. The van der Waals surface area contributed by atoms with E-state index < -0.39 is 0 Å². The molecule has 0 radical (unpaired) electrons. The van der Waals surface area contributed by atoms with Crippen molar-refractivity contribution >= 4 is 6.03 Å².